The van der Waals surface area contributed by atoms with E-state index < -0.39 is 28.5 Å². The molecule has 4 rings (SSSR count). The largest absolute Gasteiger partial charge is 0.423 e. The molecule has 0 unspecified atom stereocenters. The smallest absolute Gasteiger partial charge is 0.418 e. The van der Waals surface area contributed by atoms with E-state index in [4.69, 9.17) is 8.97 Å². The highest BCUT2D eigenvalue weighted by molar-refractivity contribution is 7.80. The number of aromatic nitrogens is 4. The average Bonchev–Trinajstić information content (AvgIpc) is 3.14. The summed E-state index contributed by atoms with van der Waals surface area (Å²) in [4.78, 5) is 13.9. The number of nitrogens with zero attached hydrogens (tertiary/aromatic N) is 6. The second-order valence-electron chi connectivity index (χ2n) is 5.45. The zero-order chi connectivity index (χ0) is 17.2. The quantitative estimate of drug-likeness (QED) is 0.734. The van der Waals surface area contributed by atoms with Crippen molar-refractivity contribution in [1.29, 1.82) is 0 Å². The van der Waals surface area contributed by atoms with E-state index in [-0.39, 0.29) is 12.4 Å². The maximum absolute atomic E-state index is 12.6. The lowest BCUT2D eigenvalue weighted by Gasteiger charge is -2.28. The van der Waals surface area contributed by atoms with Crippen molar-refractivity contribution in [2.24, 2.45) is 7.05 Å². The lowest BCUT2D eigenvalue weighted by Crippen LogP contribution is -2.36. The summed E-state index contributed by atoms with van der Waals surface area (Å²) in [6.07, 6.45) is 1.51. The van der Waals surface area contributed by atoms with E-state index in [1.165, 1.54) is 11.1 Å². The van der Waals surface area contributed by atoms with Gasteiger partial charge in [-0.3, -0.25) is 9.23 Å². The van der Waals surface area contributed by atoms with Crippen LogP contribution in [0.5, 0.6) is 0 Å². The number of urea groups is 1. The third kappa shape index (κ3) is 2.09. The number of amides is 2. The molecule has 0 aromatic carbocycles. The summed E-state index contributed by atoms with van der Waals surface area (Å²) < 4.78 is 42.5. The molecule has 12 nitrogen and oxygen atoms in total. The number of carbonyl (C=O) groups excluding carboxylic acids is 1. The summed E-state index contributed by atoms with van der Waals surface area (Å²) in [5.74, 6) is 0.506. The van der Waals surface area contributed by atoms with Crippen molar-refractivity contribution >= 4 is 16.4 Å². The Bertz CT molecular complexity index is 935. The molecule has 2 atom stereocenters. The predicted octanol–water partition coefficient (Wildman–Crippen LogP) is -0.272. The van der Waals surface area contributed by atoms with Crippen molar-refractivity contribution in [3.63, 3.8) is 0 Å². The fourth-order valence-corrected chi connectivity index (χ4v) is 3.47. The average molecular weight is 356 g/mol. The molecule has 0 aliphatic carbocycles. The van der Waals surface area contributed by atoms with Crippen LogP contribution in [-0.4, -0.2) is 55.5 Å². The third-order valence-corrected chi connectivity index (χ3v) is 4.33. The summed E-state index contributed by atoms with van der Waals surface area (Å²) in [6.45, 7) is 1.74. The fraction of sp³-hybridized carbons (Fsp3) is 0.455. The number of fused-ring (bicyclic) bond motifs is 4. The van der Waals surface area contributed by atoms with Crippen molar-refractivity contribution in [2.45, 2.75) is 19.0 Å². The molecular weight excluding hydrogens is 344 g/mol. The van der Waals surface area contributed by atoms with Crippen LogP contribution in [0.3, 0.4) is 0 Å². The van der Waals surface area contributed by atoms with Gasteiger partial charge in [0.15, 0.2) is 6.04 Å². The molecule has 1 fully saturated rings. The second kappa shape index (κ2) is 4.75. The fourth-order valence-electron chi connectivity index (χ4n) is 3.10. The van der Waals surface area contributed by atoms with Crippen LogP contribution in [0.25, 0.3) is 0 Å². The number of hydrogen-bond acceptors (Lipinski definition) is 8. The highest BCUT2D eigenvalue weighted by atomic mass is 32.3. The minimum absolute atomic E-state index is 0.124. The number of hydroxylamine groups is 2. The minimum Gasteiger partial charge on any atom is -0.423 e. The SMILES string of the molecule is Cc1nnc([C@@H]2c3c(cnn3C)[C@@H]3CN2C(=O)N3OS(=O)(=O)O)o1. The molecule has 2 aliphatic heterocycles. The lowest BCUT2D eigenvalue weighted by molar-refractivity contribution is -0.0317. The van der Waals surface area contributed by atoms with Gasteiger partial charge in [-0.1, -0.05) is 0 Å². The number of carbonyl (C=O) groups is 1. The Kier molecular flexibility index (Phi) is 2.98. The molecule has 2 aromatic rings. The molecule has 4 heterocycles. The Morgan fingerprint density at radius 1 is 1.42 bits per heavy atom. The van der Waals surface area contributed by atoms with Crippen LogP contribution in [0.4, 0.5) is 4.79 Å². The zero-order valence-corrected chi connectivity index (χ0v) is 13.3. The Balaban J connectivity index is 1.85. The Morgan fingerprint density at radius 2 is 2.17 bits per heavy atom. The van der Waals surface area contributed by atoms with Gasteiger partial charge in [-0.05, 0) is 0 Å². The molecule has 1 saturated heterocycles. The number of rotatable bonds is 3. The molecule has 2 amide bonds. The summed E-state index contributed by atoms with van der Waals surface area (Å²) in [5.41, 5.74) is 1.17. The lowest BCUT2D eigenvalue weighted by atomic mass is 9.98. The van der Waals surface area contributed by atoms with Crippen molar-refractivity contribution in [2.75, 3.05) is 6.54 Å². The van der Waals surface area contributed by atoms with Crippen molar-refractivity contribution in [3.05, 3.63) is 29.2 Å². The topological polar surface area (TPSA) is 144 Å². The van der Waals surface area contributed by atoms with Crippen LogP contribution in [0.1, 0.15) is 35.1 Å². The van der Waals surface area contributed by atoms with Crippen molar-refractivity contribution in [3.8, 4) is 0 Å². The molecule has 0 spiro atoms. The van der Waals surface area contributed by atoms with Crippen LogP contribution in [-0.2, 0) is 21.7 Å². The van der Waals surface area contributed by atoms with Crippen LogP contribution in [0, 0.1) is 6.92 Å². The van der Waals surface area contributed by atoms with E-state index in [0.717, 1.165) is 0 Å². The van der Waals surface area contributed by atoms with E-state index in [0.29, 0.717) is 22.2 Å². The van der Waals surface area contributed by atoms with Crippen LogP contribution in [0.15, 0.2) is 10.6 Å². The summed E-state index contributed by atoms with van der Waals surface area (Å²) in [6, 6.07) is -2.20. The Labute approximate surface area is 135 Å². The minimum atomic E-state index is -4.85. The molecule has 2 bridgehead atoms. The maximum Gasteiger partial charge on any atom is 0.418 e. The van der Waals surface area contributed by atoms with Crippen LogP contribution >= 0.6 is 0 Å². The van der Waals surface area contributed by atoms with Gasteiger partial charge in [0.25, 0.3) is 0 Å². The Hall–Kier alpha value is -2.51. The molecule has 2 aliphatic rings. The first kappa shape index (κ1) is 15.0. The van der Waals surface area contributed by atoms with Gasteiger partial charge in [0.1, 0.15) is 6.04 Å². The normalized spacial score (nSPS) is 23.0. The highest BCUT2D eigenvalue weighted by Gasteiger charge is 2.53. The maximum atomic E-state index is 12.6. The van der Waals surface area contributed by atoms with Gasteiger partial charge in [-0.2, -0.15) is 18.6 Å². The molecule has 0 radical (unpaired) electrons. The molecular formula is C11H12N6O6S. The monoisotopic (exact) mass is 356 g/mol. The molecule has 24 heavy (non-hydrogen) atoms. The molecule has 1 N–H and O–H groups in total. The first-order valence-corrected chi connectivity index (χ1v) is 8.21. The molecule has 13 heteroatoms. The van der Waals surface area contributed by atoms with Gasteiger partial charge in [0.05, 0.1) is 18.4 Å². The summed E-state index contributed by atoms with van der Waals surface area (Å²) in [5, 5.41) is 12.5. The van der Waals surface area contributed by atoms with Crippen LogP contribution in [0.2, 0.25) is 0 Å². The van der Waals surface area contributed by atoms with Gasteiger partial charge in [0.2, 0.25) is 11.8 Å². The number of aryl methyl sites for hydroxylation is 2. The van der Waals surface area contributed by atoms with Gasteiger partial charge >= 0.3 is 16.4 Å². The van der Waals surface area contributed by atoms with E-state index in [1.807, 2.05) is 0 Å². The van der Waals surface area contributed by atoms with Crippen molar-refractivity contribution < 1.29 is 26.5 Å². The second-order valence-corrected chi connectivity index (χ2v) is 6.45. The first-order valence-electron chi connectivity index (χ1n) is 6.85. The Morgan fingerprint density at radius 3 is 2.79 bits per heavy atom. The predicted molar refractivity (Wildman–Crippen MR) is 73.4 cm³/mol. The van der Waals surface area contributed by atoms with Crippen molar-refractivity contribution in [1.82, 2.24) is 29.9 Å². The van der Waals surface area contributed by atoms with E-state index in [1.54, 1.807) is 18.7 Å². The van der Waals surface area contributed by atoms with Gasteiger partial charge in [0, 0.05) is 19.5 Å². The molecule has 0 saturated carbocycles. The van der Waals surface area contributed by atoms with Gasteiger partial charge in [-0.25, -0.2) is 4.79 Å². The van der Waals surface area contributed by atoms with Gasteiger partial charge in [-0.15, -0.1) is 14.5 Å². The first-order chi connectivity index (χ1) is 11.3. The molecule has 2 aromatic heterocycles. The van der Waals surface area contributed by atoms with E-state index >= 15 is 0 Å². The summed E-state index contributed by atoms with van der Waals surface area (Å²) >= 11 is 0. The number of hydrogen-bond donors (Lipinski definition) is 1. The highest BCUT2D eigenvalue weighted by Crippen LogP contribution is 2.46. The molecule has 128 valence electrons. The van der Waals surface area contributed by atoms with Gasteiger partial charge < -0.3 is 9.32 Å². The zero-order valence-electron chi connectivity index (χ0n) is 12.5. The summed E-state index contributed by atoms with van der Waals surface area (Å²) in [7, 11) is -3.17. The van der Waals surface area contributed by atoms with E-state index in [2.05, 4.69) is 19.6 Å². The van der Waals surface area contributed by atoms with E-state index in [9.17, 15) is 13.2 Å². The standard InChI is InChI=1S/C11H12N6O6S/c1-5-13-14-10(22-5)9-8-6(3-12-15(8)2)7-4-16(9)11(18)17(7)23-24(19,20)21/h3,7,9H,4H2,1-2H3,(H,19,20,21)/t7-,9-/m0/s1. The third-order valence-electron chi connectivity index (χ3n) is 3.98. The van der Waals surface area contributed by atoms with Crippen LogP contribution < -0.4 is 0 Å².